The first-order valence-electron chi connectivity index (χ1n) is 11.5. The Morgan fingerprint density at radius 3 is 1.97 bits per heavy atom. The second-order valence-corrected chi connectivity index (χ2v) is 9.73. The van der Waals surface area contributed by atoms with E-state index >= 15 is 0 Å². The van der Waals surface area contributed by atoms with Crippen LogP contribution < -0.4 is 16.4 Å². The van der Waals surface area contributed by atoms with Gasteiger partial charge in [-0.1, -0.05) is 34.9 Å². The summed E-state index contributed by atoms with van der Waals surface area (Å²) in [6.07, 6.45) is 10.5. The average Bonchev–Trinajstić information content (AvgIpc) is 2.72. The van der Waals surface area contributed by atoms with Gasteiger partial charge in [0.05, 0.1) is 0 Å². The third kappa shape index (κ3) is 17.0. The molecule has 5 N–H and O–H groups in total. The van der Waals surface area contributed by atoms with Gasteiger partial charge in [-0.3, -0.25) is 14.4 Å². The molecule has 192 valence electrons. The van der Waals surface area contributed by atoms with Crippen molar-refractivity contribution in [3.63, 3.8) is 0 Å². The van der Waals surface area contributed by atoms with Gasteiger partial charge in [0.2, 0.25) is 17.7 Å². The molecule has 0 fully saturated rings. The number of hydrogen-bond donors (Lipinski definition) is 4. The van der Waals surface area contributed by atoms with Gasteiger partial charge in [-0.2, -0.15) is 11.8 Å². The van der Waals surface area contributed by atoms with E-state index in [-0.39, 0.29) is 18.6 Å². The topological polar surface area (TPSA) is 139 Å². The molecule has 0 saturated heterocycles. The van der Waals surface area contributed by atoms with Crippen LogP contribution in [0, 0.1) is 0 Å². The smallest absolute Gasteiger partial charge is 0.327 e. The van der Waals surface area contributed by atoms with Crippen molar-refractivity contribution >= 4 is 35.5 Å². The fourth-order valence-electron chi connectivity index (χ4n) is 2.97. The number of allylic oxidation sites excluding steroid dienone is 5. The lowest BCUT2D eigenvalue weighted by atomic mass is 10.1. The molecule has 1 unspecified atom stereocenters. The van der Waals surface area contributed by atoms with Crippen molar-refractivity contribution in [2.75, 3.05) is 11.5 Å². The summed E-state index contributed by atoms with van der Waals surface area (Å²) in [5.41, 5.74) is 9.06. The Morgan fingerprint density at radius 1 is 0.853 bits per heavy atom. The van der Waals surface area contributed by atoms with Crippen LogP contribution in [0.15, 0.2) is 34.9 Å². The summed E-state index contributed by atoms with van der Waals surface area (Å²) in [6.45, 7) is 9.66. The average molecular weight is 496 g/mol. The maximum Gasteiger partial charge on any atom is 0.327 e. The van der Waals surface area contributed by atoms with Crippen LogP contribution in [0.25, 0.3) is 0 Å². The van der Waals surface area contributed by atoms with Crippen molar-refractivity contribution in [1.29, 1.82) is 0 Å². The summed E-state index contributed by atoms with van der Waals surface area (Å²) in [6, 6.07) is -2.13. The number of primary amides is 1. The highest BCUT2D eigenvalue weighted by molar-refractivity contribution is 7.99. The highest BCUT2D eigenvalue weighted by atomic mass is 32.2. The second kappa shape index (κ2) is 17.9. The number of rotatable bonds is 17. The van der Waals surface area contributed by atoms with E-state index in [2.05, 4.69) is 56.6 Å². The highest BCUT2D eigenvalue weighted by Gasteiger charge is 2.26. The number of amides is 3. The molecule has 2 atom stereocenters. The molecular weight excluding hydrogens is 454 g/mol. The molecule has 0 aliphatic heterocycles. The van der Waals surface area contributed by atoms with Gasteiger partial charge >= 0.3 is 5.97 Å². The van der Waals surface area contributed by atoms with Crippen LogP contribution in [-0.2, 0) is 19.2 Å². The number of nitrogens with two attached hydrogens (primary N) is 1. The lowest BCUT2D eigenvalue weighted by molar-refractivity contribution is -0.141. The lowest BCUT2D eigenvalue weighted by Gasteiger charge is -2.20. The van der Waals surface area contributed by atoms with Gasteiger partial charge in [0, 0.05) is 24.9 Å². The van der Waals surface area contributed by atoms with E-state index in [1.165, 1.54) is 35.4 Å². The molecule has 34 heavy (non-hydrogen) atoms. The van der Waals surface area contributed by atoms with Crippen LogP contribution >= 0.6 is 11.8 Å². The van der Waals surface area contributed by atoms with Crippen molar-refractivity contribution in [1.82, 2.24) is 10.6 Å². The maximum absolute atomic E-state index is 12.4. The number of hydrogen-bond acceptors (Lipinski definition) is 5. The van der Waals surface area contributed by atoms with Gasteiger partial charge in [-0.05, 0) is 59.8 Å². The number of nitrogens with one attached hydrogen (secondary N) is 2. The predicted octanol–water partition coefficient (Wildman–Crippen LogP) is 3.48. The van der Waals surface area contributed by atoms with Gasteiger partial charge in [-0.25, -0.2) is 4.79 Å². The summed E-state index contributed by atoms with van der Waals surface area (Å²) < 4.78 is 0. The van der Waals surface area contributed by atoms with Crippen LogP contribution in [-0.4, -0.2) is 52.4 Å². The Balaban J connectivity index is 4.59. The first-order valence-corrected chi connectivity index (χ1v) is 12.7. The molecule has 0 aliphatic rings. The monoisotopic (exact) mass is 495 g/mol. The van der Waals surface area contributed by atoms with Crippen molar-refractivity contribution < 1.29 is 24.3 Å². The first kappa shape index (κ1) is 31.4. The fraction of sp³-hybridized carbons (Fsp3) is 0.600. The second-order valence-electron chi connectivity index (χ2n) is 8.65. The maximum atomic E-state index is 12.4. The summed E-state index contributed by atoms with van der Waals surface area (Å²) in [5.74, 6) is -2.06. The molecule has 0 aromatic carbocycles. The Kier molecular flexibility index (Phi) is 16.5. The molecule has 0 rings (SSSR count). The van der Waals surface area contributed by atoms with Crippen molar-refractivity contribution in [2.24, 2.45) is 5.73 Å². The van der Waals surface area contributed by atoms with E-state index in [9.17, 15) is 24.3 Å². The number of carboxylic acids is 1. The Bertz CT molecular complexity index is 785. The Hall–Kier alpha value is -2.55. The van der Waals surface area contributed by atoms with E-state index < -0.39 is 35.8 Å². The molecule has 8 nitrogen and oxygen atoms in total. The minimum Gasteiger partial charge on any atom is -0.480 e. The van der Waals surface area contributed by atoms with Crippen LogP contribution in [0.1, 0.15) is 73.1 Å². The lowest BCUT2D eigenvalue weighted by Crippen LogP contribution is -2.52. The third-order valence-electron chi connectivity index (χ3n) is 4.94. The van der Waals surface area contributed by atoms with Crippen molar-refractivity contribution in [3.05, 3.63) is 34.9 Å². The van der Waals surface area contributed by atoms with Crippen LogP contribution in [0.5, 0.6) is 0 Å². The number of thioether (sulfide) groups is 1. The largest absolute Gasteiger partial charge is 0.480 e. The van der Waals surface area contributed by atoms with E-state index in [0.29, 0.717) is 5.75 Å². The van der Waals surface area contributed by atoms with Gasteiger partial charge in [-0.15, -0.1) is 0 Å². The van der Waals surface area contributed by atoms with Gasteiger partial charge < -0.3 is 21.5 Å². The van der Waals surface area contributed by atoms with Gasteiger partial charge in [0.1, 0.15) is 12.1 Å². The Labute approximate surface area is 207 Å². The first-order chi connectivity index (χ1) is 15.9. The van der Waals surface area contributed by atoms with E-state index in [1.54, 1.807) is 0 Å². The van der Waals surface area contributed by atoms with Crippen LogP contribution in [0.4, 0.5) is 0 Å². The minimum atomic E-state index is -1.16. The normalized spacial score (nSPS) is 13.6. The van der Waals surface area contributed by atoms with E-state index in [0.717, 1.165) is 25.7 Å². The molecule has 0 heterocycles. The quantitative estimate of drug-likeness (QED) is 0.180. The number of carboxylic acid groups (broad SMARTS) is 1. The van der Waals surface area contributed by atoms with Gasteiger partial charge in [0.25, 0.3) is 0 Å². The van der Waals surface area contributed by atoms with Crippen LogP contribution in [0.2, 0.25) is 0 Å². The number of aliphatic carboxylic acids is 1. The summed E-state index contributed by atoms with van der Waals surface area (Å²) in [4.78, 5) is 46.4. The van der Waals surface area contributed by atoms with Crippen molar-refractivity contribution in [2.45, 2.75) is 85.2 Å². The third-order valence-corrected chi connectivity index (χ3v) is 5.92. The standard InChI is InChI=1S/C25H41N3O5S/c1-17(2)8-6-9-18(3)10-7-11-19(4)14-15-34-16-22(25(32)33)28-24(31)21(27-20(5)29)12-13-23(26)30/h8,10,14,21-22H,6-7,9,11-13,15-16H2,1-5H3,(H2,26,30)(H,27,29)(H,28,31)(H,32,33)/t21?,22-/m0/s1. The van der Waals surface area contributed by atoms with E-state index in [1.807, 2.05) is 0 Å². The zero-order chi connectivity index (χ0) is 26.1. The van der Waals surface area contributed by atoms with Crippen molar-refractivity contribution in [3.8, 4) is 0 Å². The molecule has 0 aliphatic carbocycles. The molecule has 9 heteroatoms. The van der Waals surface area contributed by atoms with E-state index in [4.69, 9.17) is 5.73 Å². The minimum absolute atomic E-state index is 0.00499. The molecule has 0 aromatic heterocycles. The molecule has 0 radical (unpaired) electrons. The molecule has 0 saturated carbocycles. The summed E-state index contributed by atoms with van der Waals surface area (Å²) in [7, 11) is 0. The summed E-state index contributed by atoms with van der Waals surface area (Å²) in [5, 5.41) is 14.3. The molecular formula is C25H41N3O5S. The zero-order valence-electron chi connectivity index (χ0n) is 21.1. The number of carbonyl (C=O) groups is 4. The molecule has 0 bridgehead atoms. The predicted molar refractivity (Wildman–Crippen MR) is 138 cm³/mol. The SMILES string of the molecule is CC(=O)NC(CCC(N)=O)C(=O)N[C@@H](CSCC=C(C)CCC=C(C)CCC=C(C)C)C(=O)O. The number of carbonyl (C=O) groups excluding carboxylic acids is 3. The zero-order valence-corrected chi connectivity index (χ0v) is 21.9. The highest BCUT2D eigenvalue weighted by Crippen LogP contribution is 2.13. The van der Waals surface area contributed by atoms with Crippen LogP contribution in [0.3, 0.4) is 0 Å². The fourth-order valence-corrected chi connectivity index (χ4v) is 3.97. The summed E-state index contributed by atoms with van der Waals surface area (Å²) >= 11 is 1.40. The Morgan fingerprint density at radius 2 is 1.44 bits per heavy atom. The molecule has 0 spiro atoms. The molecule has 3 amide bonds. The molecule has 0 aromatic rings. The van der Waals surface area contributed by atoms with Gasteiger partial charge in [0.15, 0.2) is 0 Å².